The first-order valence-corrected chi connectivity index (χ1v) is 7.88. The van der Waals surface area contributed by atoms with E-state index in [0.29, 0.717) is 11.4 Å². The molecular weight excluding hydrogens is 298 g/mol. The van der Waals surface area contributed by atoms with Crippen molar-refractivity contribution in [1.29, 1.82) is 5.26 Å². The normalized spacial score (nSPS) is 10.1. The van der Waals surface area contributed by atoms with Crippen molar-refractivity contribution in [3.63, 3.8) is 0 Å². The minimum atomic E-state index is -0.169. The molecule has 114 valence electrons. The van der Waals surface area contributed by atoms with E-state index in [0.717, 1.165) is 16.3 Å². The first-order valence-electron chi connectivity index (χ1n) is 6.66. The second kappa shape index (κ2) is 7.00. The molecule has 1 amide bonds. The lowest BCUT2D eigenvalue weighted by molar-refractivity contribution is -0.114. The Balaban J connectivity index is 2.02. The Morgan fingerprint density at radius 3 is 2.82 bits per heavy atom. The Labute approximate surface area is 133 Å². The lowest BCUT2D eigenvalue weighted by Gasteiger charge is -2.11. The molecule has 0 saturated carbocycles. The van der Waals surface area contributed by atoms with E-state index in [9.17, 15) is 4.79 Å². The van der Waals surface area contributed by atoms with Gasteiger partial charge in [0.05, 0.1) is 23.9 Å². The highest BCUT2D eigenvalue weighted by molar-refractivity contribution is 7.98. The van der Waals surface area contributed by atoms with Crippen molar-refractivity contribution in [2.45, 2.75) is 11.8 Å². The van der Waals surface area contributed by atoms with E-state index in [1.807, 2.05) is 25.3 Å². The summed E-state index contributed by atoms with van der Waals surface area (Å²) < 4.78 is 1.62. The number of rotatable bonds is 5. The average Bonchev–Trinajstić information content (AvgIpc) is 2.82. The molecule has 1 heterocycles. The molecule has 22 heavy (non-hydrogen) atoms. The van der Waals surface area contributed by atoms with Gasteiger partial charge in [-0.1, -0.05) is 0 Å². The van der Waals surface area contributed by atoms with Crippen LogP contribution >= 0.6 is 11.8 Å². The fraction of sp³-hybridized carbons (Fsp3) is 0.267. The Bertz CT molecular complexity index is 732. The molecule has 2 N–H and O–H groups in total. The first kappa shape index (κ1) is 15.9. The summed E-state index contributed by atoms with van der Waals surface area (Å²) >= 11 is 1.56. The van der Waals surface area contributed by atoms with Gasteiger partial charge in [-0.15, -0.1) is 11.8 Å². The van der Waals surface area contributed by atoms with Crippen LogP contribution in [-0.2, 0) is 11.8 Å². The van der Waals surface area contributed by atoms with Crippen LogP contribution in [0.25, 0.3) is 0 Å². The third-order valence-corrected chi connectivity index (χ3v) is 3.83. The van der Waals surface area contributed by atoms with E-state index in [2.05, 4.69) is 21.8 Å². The average molecular weight is 315 g/mol. The maximum atomic E-state index is 12.0. The number of nitrogens with one attached hydrogen (secondary N) is 2. The Morgan fingerprint density at radius 1 is 1.45 bits per heavy atom. The molecule has 0 aliphatic heterocycles. The highest BCUT2D eigenvalue weighted by Crippen LogP contribution is 2.26. The number of carbonyl (C=O) groups is 1. The second-order valence-electron chi connectivity index (χ2n) is 4.72. The fourth-order valence-corrected chi connectivity index (χ4v) is 2.56. The Kier molecular flexibility index (Phi) is 5.07. The van der Waals surface area contributed by atoms with Crippen LogP contribution < -0.4 is 10.6 Å². The van der Waals surface area contributed by atoms with Crippen LogP contribution in [0.4, 0.5) is 11.5 Å². The third kappa shape index (κ3) is 3.80. The van der Waals surface area contributed by atoms with Gasteiger partial charge in [-0.2, -0.15) is 10.4 Å². The molecule has 1 aromatic carbocycles. The summed E-state index contributed by atoms with van der Waals surface area (Å²) in [6.45, 7) is 1.98. The van der Waals surface area contributed by atoms with E-state index >= 15 is 0 Å². The van der Waals surface area contributed by atoms with E-state index in [-0.39, 0.29) is 12.5 Å². The predicted octanol–water partition coefficient (Wildman–Crippen LogP) is 2.37. The number of hydrogen-bond acceptors (Lipinski definition) is 5. The summed E-state index contributed by atoms with van der Waals surface area (Å²) in [7, 11) is 1.78. The molecule has 0 saturated heterocycles. The summed E-state index contributed by atoms with van der Waals surface area (Å²) in [5, 5.41) is 19.0. The molecule has 0 radical (unpaired) electrons. The topological polar surface area (TPSA) is 82.7 Å². The summed E-state index contributed by atoms with van der Waals surface area (Å²) in [4.78, 5) is 13.0. The summed E-state index contributed by atoms with van der Waals surface area (Å²) in [6, 6.07) is 9.27. The maximum absolute atomic E-state index is 12.0. The van der Waals surface area contributed by atoms with Crippen LogP contribution in [-0.4, -0.2) is 28.5 Å². The largest absolute Gasteiger partial charge is 0.375 e. The number of aromatic nitrogens is 2. The molecule has 0 spiro atoms. The minimum Gasteiger partial charge on any atom is -0.375 e. The Hall–Kier alpha value is -2.46. The summed E-state index contributed by atoms with van der Waals surface area (Å²) in [6.07, 6.45) is 1.95. The molecule has 0 aliphatic carbocycles. The molecule has 0 bridgehead atoms. The highest BCUT2D eigenvalue weighted by atomic mass is 32.2. The lowest BCUT2D eigenvalue weighted by atomic mass is 10.2. The van der Waals surface area contributed by atoms with Crippen molar-refractivity contribution in [3.05, 3.63) is 35.5 Å². The number of hydrogen-bond donors (Lipinski definition) is 2. The number of nitrogens with zero attached hydrogens (tertiary/aromatic N) is 3. The first-order chi connectivity index (χ1) is 10.5. The van der Waals surface area contributed by atoms with Gasteiger partial charge in [-0.25, -0.2) is 0 Å². The summed E-state index contributed by atoms with van der Waals surface area (Å²) in [5.74, 6) is 0.484. The predicted molar refractivity (Wildman–Crippen MR) is 88.0 cm³/mol. The summed E-state index contributed by atoms with van der Waals surface area (Å²) in [5.41, 5.74) is 2.18. The molecule has 6 nitrogen and oxygen atoms in total. The zero-order chi connectivity index (χ0) is 16.1. The van der Waals surface area contributed by atoms with Crippen LogP contribution in [0.1, 0.15) is 11.3 Å². The van der Waals surface area contributed by atoms with Gasteiger partial charge in [0.2, 0.25) is 5.91 Å². The minimum absolute atomic E-state index is 0.118. The van der Waals surface area contributed by atoms with Gasteiger partial charge in [-0.3, -0.25) is 9.48 Å². The Morgan fingerprint density at radius 2 is 2.23 bits per heavy atom. The van der Waals surface area contributed by atoms with Crippen LogP contribution in [0.15, 0.2) is 29.2 Å². The van der Waals surface area contributed by atoms with Gasteiger partial charge >= 0.3 is 0 Å². The van der Waals surface area contributed by atoms with Crippen molar-refractivity contribution in [1.82, 2.24) is 9.78 Å². The van der Waals surface area contributed by atoms with Crippen LogP contribution in [0.2, 0.25) is 0 Å². The van der Waals surface area contributed by atoms with Gasteiger partial charge in [-0.05, 0) is 31.4 Å². The molecule has 2 aromatic rings. The molecule has 7 heteroatoms. The van der Waals surface area contributed by atoms with Crippen LogP contribution in [0.3, 0.4) is 0 Å². The van der Waals surface area contributed by atoms with Crippen LogP contribution in [0, 0.1) is 18.3 Å². The zero-order valence-corrected chi connectivity index (χ0v) is 13.5. The highest BCUT2D eigenvalue weighted by Gasteiger charge is 2.09. The van der Waals surface area contributed by atoms with Gasteiger partial charge < -0.3 is 10.6 Å². The van der Waals surface area contributed by atoms with Crippen molar-refractivity contribution in [2.75, 3.05) is 23.4 Å². The lowest BCUT2D eigenvalue weighted by Crippen LogP contribution is -2.23. The number of amides is 1. The standard InChI is InChI=1S/C15H17N5OS/c1-10-6-14(20(2)19-10)18-15(21)9-17-12-7-11(8-16)4-5-13(12)22-3/h4-7,17H,9H2,1-3H3,(H,18,21). The number of aryl methyl sites for hydroxylation is 2. The van der Waals surface area contributed by atoms with Crippen LogP contribution in [0.5, 0.6) is 0 Å². The number of nitriles is 1. The quantitative estimate of drug-likeness (QED) is 0.828. The second-order valence-corrected chi connectivity index (χ2v) is 5.57. The van der Waals surface area contributed by atoms with E-state index < -0.39 is 0 Å². The molecule has 1 aromatic heterocycles. The van der Waals surface area contributed by atoms with Crippen molar-refractivity contribution in [2.24, 2.45) is 7.05 Å². The fourth-order valence-electron chi connectivity index (χ4n) is 2.01. The molecule has 0 fully saturated rings. The third-order valence-electron chi connectivity index (χ3n) is 3.04. The number of carbonyl (C=O) groups excluding carboxylic acids is 1. The zero-order valence-electron chi connectivity index (χ0n) is 12.7. The van der Waals surface area contributed by atoms with Gasteiger partial charge in [0.1, 0.15) is 5.82 Å². The van der Waals surface area contributed by atoms with Gasteiger partial charge in [0.15, 0.2) is 0 Å². The molecule has 0 atom stereocenters. The maximum Gasteiger partial charge on any atom is 0.244 e. The van der Waals surface area contributed by atoms with E-state index in [1.165, 1.54) is 0 Å². The van der Waals surface area contributed by atoms with Crippen molar-refractivity contribution < 1.29 is 4.79 Å². The SMILES string of the molecule is CSc1ccc(C#N)cc1NCC(=O)Nc1cc(C)nn1C. The van der Waals surface area contributed by atoms with Gasteiger partial charge in [0.25, 0.3) is 0 Å². The van der Waals surface area contributed by atoms with Crippen molar-refractivity contribution in [3.8, 4) is 6.07 Å². The number of benzene rings is 1. The molecular formula is C15H17N5OS. The molecule has 0 aliphatic rings. The smallest absolute Gasteiger partial charge is 0.244 e. The number of anilines is 2. The molecule has 0 unspecified atom stereocenters. The van der Waals surface area contributed by atoms with Gasteiger partial charge in [0, 0.05) is 23.7 Å². The monoisotopic (exact) mass is 315 g/mol. The van der Waals surface area contributed by atoms with E-state index in [1.54, 1.807) is 35.6 Å². The molecule has 2 rings (SSSR count). The van der Waals surface area contributed by atoms with E-state index in [4.69, 9.17) is 5.26 Å². The van der Waals surface area contributed by atoms with Crippen molar-refractivity contribution >= 4 is 29.2 Å². The number of thioether (sulfide) groups is 1.